The molecule has 108 valence electrons. The lowest BCUT2D eigenvalue weighted by atomic mass is 10.1. The van der Waals surface area contributed by atoms with Gasteiger partial charge in [0.1, 0.15) is 20.9 Å². The number of hydrogen-bond acceptors (Lipinski definition) is 6. The van der Waals surface area contributed by atoms with Crippen molar-refractivity contribution in [3.05, 3.63) is 63.6 Å². The molecule has 0 atom stereocenters. The van der Waals surface area contributed by atoms with E-state index in [2.05, 4.69) is 14.3 Å². The molecule has 0 aliphatic rings. The normalized spacial score (nSPS) is 11.1. The van der Waals surface area contributed by atoms with Gasteiger partial charge < -0.3 is 0 Å². The van der Waals surface area contributed by atoms with Gasteiger partial charge in [-0.2, -0.15) is 4.37 Å². The van der Waals surface area contributed by atoms with E-state index in [4.69, 9.17) is 0 Å². The van der Waals surface area contributed by atoms with Crippen LogP contribution in [0.15, 0.2) is 53.0 Å². The zero-order valence-corrected chi connectivity index (χ0v) is 13.0. The van der Waals surface area contributed by atoms with Gasteiger partial charge in [0, 0.05) is 17.1 Å². The summed E-state index contributed by atoms with van der Waals surface area (Å²) in [6.07, 6.45) is 3.31. The van der Waals surface area contributed by atoms with E-state index in [0.29, 0.717) is 16.8 Å². The SMILES string of the molecule is O=c1c2snc(-c3ccccc3)c2ncn1Cc1nccs1. The van der Waals surface area contributed by atoms with E-state index in [1.54, 1.807) is 17.1 Å². The van der Waals surface area contributed by atoms with Crippen LogP contribution < -0.4 is 5.56 Å². The first-order valence-corrected chi connectivity index (χ1v) is 8.27. The second-order valence-corrected chi connectivity index (χ2v) is 6.43. The van der Waals surface area contributed by atoms with Crippen molar-refractivity contribution in [3.8, 4) is 11.3 Å². The molecule has 0 radical (unpaired) electrons. The topological polar surface area (TPSA) is 60.7 Å². The third-order valence-electron chi connectivity index (χ3n) is 3.29. The Morgan fingerprint density at radius 2 is 2.00 bits per heavy atom. The van der Waals surface area contributed by atoms with E-state index in [-0.39, 0.29) is 5.56 Å². The third kappa shape index (κ3) is 2.24. The molecule has 0 N–H and O–H groups in total. The van der Waals surface area contributed by atoms with Crippen LogP contribution in [0, 0.1) is 0 Å². The minimum absolute atomic E-state index is 0.0696. The van der Waals surface area contributed by atoms with Crippen molar-refractivity contribution in [1.82, 2.24) is 18.9 Å². The van der Waals surface area contributed by atoms with Crippen molar-refractivity contribution in [2.75, 3.05) is 0 Å². The molecule has 0 unspecified atom stereocenters. The highest BCUT2D eigenvalue weighted by Gasteiger charge is 2.14. The molecule has 22 heavy (non-hydrogen) atoms. The summed E-state index contributed by atoms with van der Waals surface area (Å²) in [7, 11) is 0. The second-order valence-electron chi connectivity index (χ2n) is 4.68. The summed E-state index contributed by atoms with van der Waals surface area (Å²) in [4.78, 5) is 21.2. The Kier molecular flexibility index (Phi) is 3.28. The highest BCUT2D eigenvalue weighted by Crippen LogP contribution is 2.26. The molecule has 7 heteroatoms. The second kappa shape index (κ2) is 5.43. The Morgan fingerprint density at radius 3 is 2.77 bits per heavy atom. The van der Waals surface area contributed by atoms with Crippen molar-refractivity contribution >= 4 is 33.1 Å². The molecule has 0 saturated heterocycles. The molecule has 4 aromatic rings. The number of benzene rings is 1. The molecule has 3 aromatic heterocycles. The first-order chi connectivity index (χ1) is 10.8. The largest absolute Gasteiger partial charge is 0.291 e. The Morgan fingerprint density at radius 1 is 1.14 bits per heavy atom. The highest BCUT2D eigenvalue weighted by atomic mass is 32.1. The van der Waals surface area contributed by atoms with Crippen molar-refractivity contribution in [2.45, 2.75) is 6.54 Å². The fourth-order valence-corrected chi connectivity index (χ4v) is 3.65. The van der Waals surface area contributed by atoms with Crippen molar-refractivity contribution in [1.29, 1.82) is 0 Å². The first-order valence-electron chi connectivity index (χ1n) is 6.61. The fourth-order valence-electron chi connectivity index (χ4n) is 2.23. The van der Waals surface area contributed by atoms with Crippen LogP contribution in [-0.4, -0.2) is 18.9 Å². The lowest BCUT2D eigenvalue weighted by Crippen LogP contribution is -2.20. The smallest absolute Gasteiger partial charge is 0.273 e. The van der Waals surface area contributed by atoms with Crippen LogP contribution in [0.1, 0.15) is 5.01 Å². The van der Waals surface area contributed by atoms with Crippen molar-refractivity contribution in [3.63, 3.8) is 0 Å². The standard InChI is InChI=1S/C15H10N4OS2/c20-15-14-13(12(18-22-14)10-4-2-1-3-5-10)17-9-19(15)8-11-16-6-7-21-11/h1-7,9H,8H2. The number of thiazole rings is 1. The summed E-state index contributed by atoms with van der Waals surface area (Å²) in [5.41, 5.74) is 2.33. The van der Waals surface area contributed by atoms with Gasteiger partial charge in [0.25, 0.3) is 5.56 Å². The summed E-state index contributed by atoms with van der Waals surface area (Å²) in [5.74, 6) is 0. The average Bonchev–Trinajstić information content (AvgIpc) is 3.21. The van der Waals surface area contributed by atoms with E-state index in [9.17, 15) is 4.79 Å². The Hall–Kier alpha value is -2.38. The van der Waals surface area contributed by atoms with Gasteiger partial charge in [0.05, 0.1) is 12.9 Å². The van der Waals surface area contributed by atoms with Gasteiger partial charge in [-0.1, -0.05) is 30.3 Å². The van der Waals surface area contributed by atoms with E-state index < -0.39 is 0 Å². The summed E-state index contributed by atoms with van der Waals surface area (Å²) in [5, 5.41) is 2.78. The predicted molar refractivity (Wildman–Crippen MR) is 88.3 cm³/mol. The van der Waals surface area contributed by atoms with Crippen LogP contribution in [0.5, 0.6) is 0 Å². The van der Waals surface area contributed by atoms with Crippen molar-refractivity contribution < 1.29 is 0 Å². The summed E-state index contributed by atoms with van der Waals surface area (Å²) in [6, 6.07) is 9.79. The van der Waals surface area contributed by atoms with Gasteiger partial charge in [-0.15, -0.1) is 11.3 Å². The molecule has 0 bridgehead atoms. The minimum atomic E-state index is -0.0696. The molecule has 0 aliphatic heterocycles. The lowest BCUT2D eigenvalue weighted by Gasteiger charge is -2.02. The van der Waals surface area contributed by atoms with Gasteiger partial charge in [-0.25, -0.2) is 9.97 Å². The van der Waals surface area contributed by atoms with Crippen LogP contribution in [0.25, 0.3) is 21.5 Å². The fraction of sp³-hybridized carbons (Fsp3) is 0.0667. The summed E-state index contributed by atoms with van der Waals surface area (Å²) in [6.45, 7) is 0.442. The molecular weight excluding hydrogens is 316 g/mol. The molecule has 5 nitrogen and oxygen atoms in total. The maximum Gasteiger partial charge on any atom is 0.273 e. The number of aromatic nitrogens is 4. The lowest BCUT2D eigenvalue weighted by molar-refractivity contribution is 0.745. The van der Waals surface area contributed by atoms with E-state index in [1.807, 2.05) is 35.7 Å². The van der Waals surface area contributed by atoms with Crippen LogP contribution in [0.4, 0.5) is 0 Å². The van der Waals surface area contributed by atoms with Gasteiger partial charge in [-0.3, -0.25) is 9.36 Å². The molecule has 0 amide bonds. The first kappa shape index (κ1) is 13.3. The maximum atomic E-state index is 12.6. The molecule has 3 heterocycles. The number of nitrogens with zero attached hydrogens (tertiary/aromatic N) is 4. The van der Waals surface area contributed by atoms with E-state index in [1.165, 1.54) is 22.9 Å². The monoisotopic (exact) mass is 326 g/mol. The van der Waals surface area contributed by atoms with Crippen LogP contribution in [-0.2, 0) is 6.54 Å². The quantitative estimate of drug-likeness (QED) is 0.580. The molecule has 0 fully saturated rings. The van der Waals surface area contributed by atoms with Gasteiger partial charge in [-0.05, 0) is 11.5 Å². The summed E-state index contributed by atoms with van der Waals surface area (Å²) < 4.78 is 6.58. The maximum absolute atomic E-state index is 12.6. The van der Waals surface area contributed by atoms with Gasteiger partial charge in [0.15, 0.2) is 0 Å². The van der Waals surface area contributed by atoms with Crippen molar-refractivity contribution in [2.24, 2.45) is 0 Å². The Bertz CT molecular complexity index is 974. The minimum Gasteiger partial charge on any atom is -0.291 e. The predicted octanol–water partition coefficient (Wildman–Crippen LogP) is 3.02. The van der Waals surface area contributed by atoms with E-state index in [0.717, 1.165) is 16.3 Å². The number of fused-ring (bicyclic) bond motifs is 1. The zero-order valence-electron chi connectivity index (χ0n) is 11.3. The molecule has 4 rings (SSSR count). The van der Waals surface area contributed by atoms with Gasteiger partial charge >= 0.3 is 0 Å². The molecule has 0 aliphatic carbocycles. The van der Waals surface area contributed by atoms with Crippen LogP contribution >= 0.6 is 22.9 Å². The molecule has 1 aromatic carbocycles. The Labute approximate surface area is 133 Å². The number of rotatable bonds is 3. The highest BCUT2D eigenvalue weighted by molar-refractivity contribution is 7.13. The van der Waals surface area contributed by atoms with E-state index >= 15 is 0 Å². The molecule has 0 spiro atoms. The summed E-state index contributed by atoms with van der Waals surface area (Å²) >= 11 is 2.72. The molecule has 0 saturated carbocycles. The average molecular weight is 326 g/mol. The van der Waals surface area contributed by atoms with Crippen LogP contribution in [0.3, 0.4) is 0 Å². The third-order valence-corrected chi connectivity index (χ3v) is 4.87. The molecular formula is C15H10N4OS2. The Balaban J connectivity index is 1.83. The number of hydrogen-bond donors (Lipinski definition) is 0. The van der Waals surface area contributed by atoms with Gasteiger partial charge in [0.2, 0.25) is 0 Å². The zero-order chi connectivity index (χ0) is 14.9. The van der Waals surface area contributed by atoms with Crippen LogP contribution in [0.2, 0.25) is 0 Å².